The number of aliphatic carboxylic acids is 1. The molecule has 0 spiro atoms. The van der Waals surface area contributed by atoms with Gasteiger partial charge in [0.15, 0.2) is 0 Å². The minimum atomic E-state index is -1.08. The molecule has 11 heteroatoms. The Morgan fingerprint density at radius 2 is 1.56 bits per heavy atom. The zero-order valence-electron chi connectivity index (χ0n) is 21.8. The maximum atomic E-state index is 13.5. The summed E-state index contributed by atoms with van der Waals surface area (Å²) in [7, 11) is 0. The fraction of sp³-hybridized carbons (Fsp3) is 0.429. The number of phenols is 1. The molecule has 0 saturated carbocycles. The summed E-state index contributed by atoms with van der Waals surface area (Å²) in [6.45, 7) is 0.579. The van der Waals surface area contributed by atoms with Crippen LogP contribution in [0.1, 0.15) is 36.8 Å². The number of carboxylic acid groups (broad SMARTS) is 1. The van der Waals surface area contributed by atoms with Crippen molar-refractivity contribution in [3.05, 3.63) is 65.7 Å². The van der Waals surface area contributed by atoms with E-state index >= 15 is 0 Å². The maximum Gasteiger partial charge on any atom is 0.326 e. The molecule has 2 aromatic rings. The molecule has 0 unspecified atom stereocenters. The van der Waals surface area contributed by atoms with Crippen molar-refractivity contribution in [1.29, 1.82) is 0 Å². The Hall–Kier alpha value is -3.96. The highest BCUT2D eigenvalue weighted by molar-refractivity contribution is 5.94. The second kappa shape index (κ2) is 14.3. The van der Waals surface area contributed by atoms with Crippen LogP contribution in [-0.4, -0.2) is 76.1 Å². The number of benzene rings is 2. The molecule has 1 aliphatic rings. The first-order valence-electron chi connectivity index (χ1n) is 13.1. The number of hydrogen-bond acceptors (Lipinski definition) is 7. The Morgan fingerprint density at radius 3 is 2.21 bits per heavy atom. The van der Waals surface area contributed by atoms with Gasteiger partial charge < -0.3 is 37.2 Å². The van der Waals surface area contributed by atoms with Gasteiger partial charge in [-0.05, 0) is 61.9 Å². The van der Waals surface area contributed by atoms with Crippen LogP contribution in [0.4, 0.5) is 0 Å². The summed E-state index contributed by atoms with van der Waals surface area (Å²) >= 11 is 0. The van der Waals surface area contributed by atoms with Crippen LogP contribution in [0.3, 0.4) is 0 Å². The molecule has 2 aromatic carbocycles. The third kappa shape index (κ3) is 8.52. The first-order valence-corrected chi connectivity index (χ1v) is 13.1. The predicted molar refractivity (Wildman–Crippen MR) is 144 cm³/mol. The molecule has 0 aromatic heterocycles. The van der Waals surface area contributed by atoms with Gasteiger partial charge in [0.1, 0.15) is 23.9 Å². The van der Waals surface area contributed by atoms with Crippen molar-refractivity contribution in [2.24, 2.45) is 11.5 Å². The predicted octanol–water partition coefficient (Wildman–Crippen LogP) is 0.289. The van der Waals surface area contributed by atoms with Gasteiger partial charge in [0.2, 0.25) is 17.7 Å². The van der Waals surface area contributed by atoms with Crippen molar-refractivity contribution in [3.8, 4) is 5.75 Å². The van der Waals surface area contributed by atoms with Crippen LogP contribution >= 0.6 is 0 Å². The average molecular weight is 540 g/mol. The van der Waals surface area contributed by atoms with E-state index in [-0.39, 0.29) is 31.6 Å². The number of amides is 3. The molecule has 0 aliphatic carbocycles. The van der Waals surface area contributed by atoms with Crippen molar-refractivity contribution < 1.29 is 29.4 Å². The van der Waals surface area contributed by atoms with E-state index in [1.54, 1.807) is 12.1 Å². The molecule has 1 heterocycles. The number of phenolic OH excluding ortho intramolecular Hbond substituents is 1. The van der Waals surface area contributed by atoms with E-state index in [0.29, 0.717) is 25.8 Å². The number of hydrogen-bond donors (Lipinski definition) is 6. The number of nitrogens with one attached hydrogen (secondary N) is 2. The highest BCUT2D eigenvalue weighted by Crippen LogP contribution is 2.20. The lowest BCUT2D eigenvalue weighted by atomic mass is 10.0. The van der Waals surface area contributed by atoms with Crippen molar-refractivity contribution in [1.82, 2.24) is 15.5 Å². The van der Waals surface area contributed by atoms with Crippen molar-refractivity contribution >= 4 is 23.7 Å². The summed E-state index contributed by atoms with van der Waals surface area (Å²) in [6.07, 6.45) is 1.93. The summed E-state index contributed by atoms with van der Waals surface area (Å²) in [5.74, 6) is -2.59. The van der Waals surface area contributed by atoms with Crippen LogP contribution in [0, 0.1) is 0 Å². The third-order valence-electron chi connectivity index (χ3n) is 6.78. The summed E-state index contributed by atoms with van der Waals surface area (Å²) in [5, 5.41) is 24.5. The highest BCUT2D eigenvalue weighted by Gasteiger charge is 2.38. The first-order chi connectivity index (χ1) is 18.7. The lowest BCUT2D eigenvalue weighted by Gasteiger charge is -2.29. The second-order valence-corrected chi connectivity index (χ2v) is 9.75. The van der Waals surface area contributed by atoms with E-state index in [0.717, 1.165) is 11.1 Å². The van der Waals surface area contributed by atoms with Crippen molar-refractivity contribution in [2.45, 2.75) is 62.7 Å². The van der Waals surface area contributed by atoms with E-state index < -0.39 is 47.9 Å². The lowest BCUT2D eigenvalue weighted by molar-refractivity contribution is -0.149. The molecule has 4 atom stereocenters. The number of rotatable bonds is 13. The van der Waals surface area contributed by atoms with Gasteiger partial charge in [-0.25, -0.2) is 4.79 Å². The zero-order chi connectivity index (χ0) is 28.4. The van der Waals surface area contributed by atoms with Gasteiger partial charge in [-0.3, -0.25) is 14.4 Å². The SMILES string of the molecule is NCCC[C@@H](NC(=O)[C@@H](N)Cc1ccc(O)cc1)C(=O)N[C@@H](Cc1ccccc1)C(=O)N1CCC[C@H]1C(=O)O. The van der Waals surface area contributed by atoms with E-state index in [1.807, 2.05) is 30.3 Å². The average Bonchev–Trinajstić information content (AvgIpc) is 3.42. The molecule has 1 fully saturated rings. The van der Waals surface area contributed by atoms with Crippen LogP contribution in [0.5, 0.6) is 5.75 Å². The Bertz CT molecular complexity index is 1130. The first kappa shape index (κ1) is 29.6. The largest absolute Gasteiger partial charge is 0.508 e. The number of carbonyl (C=O) groups excluding carboxylic acids is 3. The Kier molecular flexibility index (Phi) is 10.8. The summed E-state index contributed by atoms with van der Waals surface area (Å²) in [4.78, 5) is 52.8. The smallest absolute Gasteiger partial charge is 0.326 e. The minimum absolute atomic E-state index is 0.0958. The van der Waals surface area contributed by atoms with Gasteiger partial charge in [0.25, 0.3) is 0 Å². The lowest BCUT2D eigenvalue weighted by Crippen LogP contribution is -2.57. The van der Waals surface area contributed by atoms with E-state index in [1.165, 1.54) is 17.0 Å². The molecule has 3 rings (SSSR count). The molecule has 1 aliphatic heterocycles. The Labute approximate surface area is 227 Å². The second-order valence-electron chi connectivity index (χ2n) is 9.75. The van der Waals surface area contributed by atoms with E-state index in [9.17, 15) is 29.4 Å². The molecule has 3 amide bonds. The van der Waals surface area contributed by atoms with Gasteiger partial charge in [-0.15, -0.1) is 0 Å². The minimum Gasteiger partial charge on any atom is -0.508 e. The molecule has 39 heavy (non-hydrogen) atoms. The van der Waals surface area contributed by atoms with Gasteiger partial charge in [0, 0.05) is 13.0 Å². The number of aromatic hydroxyl groups is 1. The summed E-state index contributed by atoms with van der Waals surface area (Å²) in [6, 6.07) is 11.5. The topological polar surface area (TPSA) is 188 Å². The standard InChI is InChI=1S/C28H37N5O6/c29-14-4-8-22(31-25(35)21(30)16-19-10-12-20(34)13-11-19)26(36)32-23(17-18-6-2-1-3-7-18)27(37)33-15-5-9-24(33)28(38)39/h1-3,6-7,10-13,21-24,34H,4-5,8-9,14-17,29-30H2,(H,31,35)(H,32,36)(H,38,39)/t21-,22+,23-,24-/m0/s1. The molecule has 210 valence electrons. The molecule has 1 saturated heterocycles. The molecule has 0 radical (unpaired) electrons. The summed E-state index contributed by atoms with van der Waals surface area (Å²) in [5.41, 5.74) is 13.3. The molecular formula is C28H37N5O6. The fourth-order valence-electron chi connectivity index (χ4n) is 4.66. The quantitative estimate of drug-likeness (QED) is 0.209. The fourth-order valence-corrected chi connectivity index (χ4v) is 4.66. The van der Waals surface area contributed by atoms with Crippen molar-refractivity contribution in [3.63, 3.8) is 0 Å². The molecule has 0 bridgehead atoms. The van der Waals surface area contributed by atoms with E-state index in [4.69, 9.17) is 11.5 Å². The normalized spacial score (nSPS) is 17.2. The number of nitrogens with zero attached hydrogens (tertiary/aromatic N) is 1. The monoisotopic (exact) mass is 539 g/mol. The number of nitrogens with two attached hydrogens (primary N) is 2. The molecule has 8 N–H and O–H groups in total. The van der Waals surface area contributed by atoms with Crippen LogP contribution in [0.2, 0.25) is 0 Å². The van der Waals surface area contributed by atoms with Crippen molar-refractivity contribution in [2.75, 3.05) is 13.1 Å². The maximum absolute atomic E-state index is 13.5. The van der Waals surface area contributed by atoms with Gasteiger partial charge in [-0.1, -0.05) is 42.5 Å². The third-order valence-corrected chi connectivity index (χ3v) is 6.78. The number of carboxylic acids is 1. The summed E-state index contributed by atoms with van der Waals surface area (Å²) < 4.78 is 0. The Balaban J connectivity index is 1.74. The molecule has 11 nitrogen and oxygen atoms in total. The Morgan fingerprint density at radius 1 is 0.923 bits per heavy atom. The zero-order valence-corrected chi connectivity index (χ0v) is 21.8. The van der Waals surface area contributed by atoms with Crippen LogP contribution < -0.4 is 22.1 Å². The van der Waals surface area contributed by atoms with Crippen LogP contribution in [0.25, 0.3) is 0 Å². The van der Waals surface area contributed by atoms with Gasteiger partial charge in [-0.2, -0.15) is 0 Å². The molecular weight excluding hydrogens is 502 g/mol. The van der Waals surface area contributed by atoms with Gasteiger partial charge in [0.05, 0.1) is 6.04 Å². The van der Waals surface area contributed by atoms with E-state index in [2.05, 4.69) is 10.6 Å². The van der Waals surface area contributed by atoms with Crippen LogP contribution in [0.15, 0.2) is 54.6 Å². The number of carbonyl (C=O) groups is 4. The number of likely N-dealkylation sites (tertiary alicyclic amines) is 1. The van der Waals surface area contributed by atoms with Crippen LogP contribution in [-0.2, 0) is 32.0 Å². The van der Waals surface area contributed by atoms with Gasteiger partial charge >= 0.3 is 5.97 Å². The highest BCUT2D eigenvalue weighted by atomic mass is 16.4.